The van der Waals surface area contributed by atoms with E-state index < -0.39 is 24.2 Å². The van der Waals surface area contributed by atoms with Crippen molar-refractivity contribution in [2.45, 2.75) is 31.6 Å². The Labute approximate surface area is 165 Å². The zero-order chi connectivity index (χ0) is 20.8. The quantitative estimate of drug-likeness (QED) is 0.831. The summed E-state index contributed by atoms with van der Waals surface area (Å²) in [6.07, 6.45) is 0.0460. The van der Waals surface area contributed by atoms with E-state index in [2.05, 4.69) is 9.88 Å². The molecule has 0 radical (unpaired) electrons. The van der Waals surface area contributed by atoms with Crippen LogP contribution in [0.2, 0.25) is 0 Å². The predicted octanol–water partition coefficient (Wildman–Crippen LogP) is 1.49. The van der Waals surface area contributed by atoms with Gasteiger partial charge in [-0.15, -0.1) is 0 Å². The summed E-state index contributed by atoms with van der Waals surface area (Å²) in [5.74, 6) is -0.590. The van der Waals surface area contributed by atoms with E-state index in [4.69, 9.17) is 0 Å². The van der Waals surface area contributed by atoms with Crippen LogP contribution in [0, 0.1) is 5.92 Å². The molecule has 2 bridgehead atoms. The minimum Gasteiger partial charge on any atom is -0.343 e. The lowest BCUT2D eigenvalue weighted by Crippen LogP contribution is -2.48. The maximum Gasteiger partial charge on any atom is 0.405 e. The van der Waals surface area contributed by atoms with Crippen LogP contribution in [0.3, 0.4) is 0 Å². The topological polar surface area (TPSA) is 72.2 Å². The zero-order valence-corrected chi connectivity index (χ0v) is 15.9. The third kappa shape index (κ3) is 4.07. The van der Waals surface area contributed by atoms with E-state index in [9.17, 15) is 22.8 Å². The highest BCUT2D eigenvalue weighted by molar-refractivity contribution is 5.93. The lowest BCUT2D eigenvalue weighted by Gasteiger charge is -2.42. The number of imidazole rings is 1. The smallest absolute Gasteiger partial charge is 0.343 e. The van der Waals surface area contributed by atoms with Crippen molar-refractivity contribution in [2.75, 3.05) is 19.6 Å². The van der Waals surface area contributed by atoms with Crippen LogP contribution in [0.15, 0.2) is 29.5 Å². The molecule has 1 fully saturated rings. The van der Waals surface area contributed by atoms with Crippen molar-refractivity contribution in [3.8, 4) is 0 Å². The summed E-state index contributed by atoms with van der Waals surface area (Å²) >= 11 is 0. The van der Waals surface area contributed by atoms with E-state index in [-0.39, 0.29) is 17.4 Å². The minimum atomic E-state index is -4.52. The number of piperidine rings is 1. The first-order valence-electron chi connectivity index (χ1n) is 9.47. The number of pyridine rings is 1. The minimum absolute atomic E-state index is 0.149. The molecular weight excluding hydrogens is 387 g/mol. The van der Waals surface area contributed by atoms with Crippen molar-refractivity contribution in [2.24, 2.45) is 13.0 Å². The molecule has 1 saturated heterocycles. The van der Waals surface area contributed by atoms with Crippen LogP contribution in [0.5, 0.6) is 0 Å². The number of fused-ring (bicyclic) bond motifs is 4. The summed E-state index contributed by atoms with van der Waals surface area (Å²) in [7, 11) is 1.95. The van der Waals surface area contributed by atoms with Crippen LogP contribution >= 0.6 is 0 Å². The zero-order valence-electron chi connectivity index (χ0n) is 15.9. The van der Waals surface area contributed by atoms with Crippen molar-refractivity contribution in [3.63, 3.8) is 0 Å². The van der Waals surface area contributed by atoms with E-state index in [0.717, 1.165) is 37.4 Å². The number of amides is 1. The van der Waals surface area contributed by atoms with Gasteiger partial charge in [-0.25, -0.2) is 4.98 Å². The number of likely N-dealkylation sites (tertiary alicyclic amines) is 1. The van der Waals surface area contributed by atoms with Gasteiger partial charge in [0.2, 0.25) is 0 Å². The fourth-order valence-electron chi connectivity index (χ4n) is 4.39. The number of rotatable bonds is 4. The molecule has 1 N–H and O–H groups in total. The van der Waals surface area contributed by atoms with Crippen LogP contribution in [0.1, 0.15) is 34.1 Å². The fraction of sp³-hybridized carbons (Fsp3) is 0.526. The molecule has 2 aromatic rings. The van der Waals surface area contributed by atoms with Crippen molar-refractivity contribution in [1.29, 1.82) is 0 Å². The van der Waals surface area contributed by atoms with Gasteiger partial charge in [0.05, 0.1) is 12.0 Å². The standard InChI is InChI=1S/C19H22F3N5O2/c1-25-11-23-5-14(25)9-26-6-12-4-13(8-26)16-3-2-15(18(29)27(16)7-12)17(28)24-10-19(20,21)22/h2-3,5,11-13H,4,6-10H2,1H3,(H,24,28)/t12-,13+/m0/s1. The van der Waals surface area contributed by atoms with Crippen LogP contribution < -0.4 is 10.9 Å². The third-order valence-electron chi connectivity index (χ3n) is 5.68. The predicted molar refractivity (Wildman–Crippen MR) is 98.4 cm³/mol. The Morgan fingerprint density at radius 2 is 2.07 bits per heavy atom. The lowest BCUT2D eigenvalue weighted by molar-refractivity contribution is -0.123. The van der Waals surface area contributed by atoms with Gasteiger partial charge < -0.3 is 14.5 Å². The molecular formula is C19H22F3N5O2. The number of hydrogen-bond acceptors (Lipinski definition) is 4. The van der Waals surface area contributed by atoms with Gasteiger partial charge in [0, 0.05) is 51.0 Å². The molecule has 2 aliphatic rings. The first-order chi connectivity index (χ1) is 13.7. The molecule has 4 rings (SSSR count). The van der Waals surface area contributed by atoms with Crippen LogP contribution in [0.4, 0.5) is 13.2 Å². The Morgan fingerprint density at radius 3 is 2.76 bits per heavy atom. The summed E-state index contributed by atoms with van der Waals surface area (Å²) in [6.45, 7) is 1.37. The molecule has 156 valence electrons. The average Bonchev–Trinajstić information content (AvgIpc) is 3.04. The second kappa shape index (κ2) is 7.33. The summed E-state index contributed by atoms with van der Waals surface area (Å²) in [4.78, 5) is 31.3. The molecule has 1 amide bonds. The molecule has 10 heteroatoms. The fourth-order valence-corrected chi connectivity index (χ4v) is 4.39. The van der Waals surface area contributed by atoms with Gasteiger partial charge in [0.15, 0.2) is 0 Å². The monoisotopic (exact) mass is 409 g/mol. The highest BCUT2D eigenvalue weighted by atomic mass is 19.4. The molecule has 0 saturated carbocycles. The number of carbonyl (C=O) groups is 1. The Hall–Kier alpha value is -2.62. The van der Waals surface area contributed by atoms with Gasteiger partial charge in [-0.1, -0.05) is 0 Å². The van der Waals surface area contributed by atoms with E-state index >= 15 is 0 Å². The lowest BCUT2D eigenvalue weighted by atomic mass is 9.83. The van der Waals surface area contributed by atoms with E-state index in [1.807, 2.05) is 17.8 Å². The number of nitrogens with one attached hydrogen (secondary N) is 1. The first kappa shape index (κ1) is 19.7. The van der Waals surface area contributed by atoms with Gasteiger partial charge in [-0.3, -0.25) is 14.5 Å². The molecule has 7 nitrogen and oxygen atoms in total. The number of alkyl halides is 3. The molecule has 0 aromatic carbocycles. The van der Waals surface area contributed by atoms with Crippen molar-refractivity contribution < 1.29 is 18.0 Å². The molecule has 0 spiro atoms. The number of nitrogens with zero attached hydrogens (tertiary/aromatic N) is 4. The highest BCUT2D eigenvalue weighted by Gasteiger charge is 2.36. The van der Waals surface area contributed by atoms with Crippen molar-refractivity contribution in [3.05, 3.63) is 52.0 Å². The van der Waals surface area contributed by atoms with Gasteiger partial charge in [0.25, 0.3) is 11.5 Å². The first-order valence-corrected chi connectivity index (χ1v) is 9.47. The van der Waals surface area contributed by atoms with Gasteiger partial charge >= 0.3 is 6.18 Å². The molecule has 0 aliphatic carbocycles. The SMILES string of the molecule is Cn1cncc1CN1C[C@@H]2C[C@H](C1)c1ccc(C(=O)NCC(F)(F)F)c(=O)n1C2. The maximum atomic E-state index is 12.8. The Kier molecular flexibility index (Phi) is 4.97. The third-order valence-corrected chi connectivity index (χ3v) is 5.68. The summed E-state index contributed by atoms with van der Waals surface area (Å²) in [6, 6.07) is 3.05. The molecule has 0 unspecified atom stereocenters. The normalized spacial score (nSPS) is 21.7. The Balaban J connectivity index is 1.53. The number of carbonyl (C=O) groups excluding carboxylic acids is 1. The van der Waals surface area contributed by atoms with E-state index in [1.165, 1.54) is 6.07 Å². The Bertz CT molecular complexity index is 981. The van der Waals surface area contributed by atoms with Crippen LogP contribution in [0.25, 0.3) is 0 Å². The highest BCUT2D eigenvalue weighted by Crippen LogP contribution is 2.35. The number of hydrogen-bond donors (Lipinski definition) is 1. The largest absolute Gasteiger partial charge is 0.405 e. The molecule has 2 aliphatic heterocycles. The molecule has 29 heavy (non-hydrogen) atoms. The Morgan fingerprint density at radius 1 is 1.28 bits per heavy atom. The van der Waals surface area contributed by atoms with E-state index in [0.29, 0.717) is 6.54 Å². The number of aryl methyl sites for hydroxylation is 1. The van der Waals surface area contributed by atoms with Gasteiger partial charge in [-0.2, -0.15) is 13.2 Å². The van der Waals surface area contributed by atoms with Gasteiger partial charge in [-0.05, 0) is 24.5 Å². The summed E-state index contributed by atoms with van der Waals surface area (Å²) in [5.41, 5.74) is 1.19. The number of halogens is 3. The van der Waals surface area contributed by atoms with Crippen molar-refractivity contribution in [1.82, 2.24) is 24.3 Å². The second-order valence-electron chi connectivity index (χ2n) is 7.87. The van der Waals surface area contributed by atoms with Crippen LogP contribution in [-0.2, 0) is 20.1 Å². The molecule has 2 atom stereocenters. The average molecular weight is 409 g/mol. The summed E-state index contributed by atoms with van der Waals surface area (Å²) < 4.78 is 40.6. The van der Waals surface area contributed by atoms with E-state index in [1.54, 1.807) is 22.3 Å². The summed E-state index contributed by atoms with van der Waals surface area (Å²) in [5, 5.41) is 1.78. The van der Waals surface area contributed by atoms with Crippen molar-refractivity contribution >= 4 is 5.91 Å². The van der Waals surface area contributed by atoms with Gasteiger partial charge in [0.1, 0.15) is 12.1 Å². The number of aromatic nitrogens is 3. The second-order valence-corrected chi connectivity index (χ2v) is 7.87. The maximum absolute atomic E-state index is 12.8. The van der Waals surface area contributed by atoms with Crippen LogP contribution in [-0.4, -0.2) is 50.7 Å². The molecule has 4 heterocycles. The molecule has 2 aromatic heterocycles.